The van der Waals surface area contributed by atoms with Crippen LogP contribution >= 0.6 is 23.5 Å². The van der Waals surface area contributed by atoms with Crippen molar-refractivity contribution >= 4 is 71.3 Å². The van der Waals surface area contributed by atoms with E-state index in [1.54, 1.807) is 111 Å². The Morgan fingerprint density at radius 2 is 0.913 bits per heavy atom. The maximum atomic E-state index is 14.5. The first kappa shape index (κ1) is 74.8. The fourth-order valence-corrected chi connectivity index (χ4v) is 11.5. The van der Waals surface area contributed by atoms with Crippen LogP contribution in [-0.2, 0) is 68.9 Å². The van der Waals surface area contributed by atoms with Gasteiger partial charge in [0.05, 0.1) is 6.61 Å². The Morgan fingerprint density at radius 1 is 0.554 bits per heavy atom. The SMILES string of the molecule is CC(C)C(Oc1ccc(CNC(=O)C2SCCN2C(=O)C[C@@H](Cc2cc(F)c(F)cc2F)NC(=O)OC(C)(C)C)cc1)C(=O)O.CCOC(=O)C(Oc1ccc(CNC(=O)C2SCCN2C(=O)C[C@@H](Cc2cc(F)c(F)cc2F)NC(=O)OC(C)(C)C)cc1)C(C)C. The zero-order chi connectivity index (χ0) is 68.4. The second-order valence-corrected chi connectivity index (χ2v) is 26.6. The summed E-state index contributed by atoms with van der Waals surface area (Å²) in [6.45, 7) is 19.8. The number of hydrogen-bond acceptors (Lipinski definition) is 15. The fourth-order valence-electron chi connectivity index (χ4n) is 9.18. The minimum absolute atomic E-state index is 0.113. The van der Waals surface area contributed by atoms with E-state index in [0.29, 0.717) is 52.8 Å². The topological polar surface area (TPSA) is 258 Å². The highest BCUT2D eigenvalue weighted by Crippen LogP contribution is 2.29. The molecule has 0 aliphatic carbocycles. The molecule has 6 rings (SSSR count). The summed E-state index contributed by atoms with van der Waals surface area (Å²) in [7, 11) is 0. The second-order valence-electron chi connectivity index (χ2n) is 24.2. The number of rotatable bonds is 25. The number of thioether (sulfide) groups is 2. The van der Waals surface area contributed by atoms with Crippen molar-refractivity contribution in [2.75, 3.05) is 31.2 Å². The maximum absolute atomic E-state index is 14.5. The molecule has 0 bridgehead atoms. The van der Waals surface area contributed by atoms with Crippen molar-refractivity contribution in [3.05, 3.63) is 130 Å². The summed E-state index contributed by atoms with van der Waals surface area (Å²) in [6, 6.07) is 13.5. The maximum Gasteiger partial charge on any atom is 0.407 e. The van der Waals surface area contributed by atoms with E-state index in [0.717, 1.165) is 5.56 Å². The monoisotopic (exact) mass is 1330 g/mol. The van der Waals surface area contributed by atoms with Gasteiger partial charge in [0.2, 0.25) is 11.8 Å². The Balaban J connectivity index is 0.000000334. The van der Waals surface area contributed by atoms with Crippen molar-refractivity contribution in [1.82, 2.24) is 31.1 Å². The molecule has 92 heavy (non-hydrogen) atoms. The normalized spacial score (nSPS) is 16.1. The highest BCUT2D eigenvalue weighted by atomic mass is 32.2. The minimum Gasteiger partial charge on any atom is -0.478 e. The van der Waals surface area contributed by atoms with Gasteiger partial charge in [-0.1, -0.05) is 52.0 Å². The highest BCUT2D eigenvalue weighted by Gasteiger charge is 2.38. The summed E-state index contributed by atoms with van der Waals surface area (Å²) >= 11 is 2.52. The number of carbonyl (C=O) groups excluding carboxylic acids is 7. The second kappa shape index (κ2) is 34.1. The van der Waals surface area contributed by atoms with Gasteiger partial charge < -0.3 is 59.9 Å². The summed E-state index contributed by atoms with van der Waals surface area (Å²) in [6.07, 6.45) is -4.91. The molecule has 0 spiro atoms. The molecule has 2 aliphatic rings. The molecule has 5 N–H and O–H groups in total. The Bertz CT molecular complexity index is 3230. The van der Waals surface area contributed by atoms with Gasteiger partial charge >= 0.3 is 24.1 Å². The van der Waals surface area contributed by atoms with Crippen LogP contribution in [0.5, 0.6) is 11.5 Å². The largest absolute Gasteiger partial charge is 0.478 e. The first-order valence-electron chi connectivity index (χ1n) is 29.7. The van der Waals surface area contributed by atoms with Crippen LogP contribution in [0.1, 0.15) is 111 Å². The third-order valence-electron chi connectivity index (χ3n) is 13.5. The van der Waals surface area contributed by atoms with Gasteiger partial charge in [0.25, 0.3) is 11.8 Å². The Hall–Kier alpha value is -7.88. The molecular weight excluding hydrogens is 1250 g/mol. The number of alkyl carbamates (subject to hydrolysis) is 2. The average molecular weight is 1340 g/mol. The number of nitrogens with zero attached hydrogens (tertiary/aromatic N) is 2. The molecule has 4 aromatic rings. The molecule has 2 heterocycles. The van der Waals surface area contributed by atoms with Gasteiger partial charge in [-0.05, 0) is 120 Å². The van der Waals surface area contributed by atoms with Crippen molar-refractivity contribution in [3.8, 4) is 11.5 Å². The van der Waals surface area contributed by atoms with E-state index in [1.165, 1.54) is 33.3 Å². The molecule has 20 nitrogen and oxygen atoms in total. The lowest BCUT2D eigenvalue weighted by Crippen LogP contribution is -2.48. The van der Waals surface area contributed by atoms with Crippen molar-refractivity contribution in [3.63, 3.8) is 0 Å². The number of carbonyl (C=O) groups is 8. The third-order valence-corrected chi connectivity index (χ3v) is 16.0. The van der Waals surface area contributed by atoms with Crippen LogP contribution in [0.2, 0.25) is 0 Å². The lowest BCUT2D eigenvalue weighted by atomic mass is 10.0. The number of benzene rings is 4. The molecule has 2 fully saturated rings. The van der Waals surface area contributed by atoms with E-state index in [2.05, 4.69) is 21.3 Å². The number of carboxylic acids is 1. The third kappa shape index (κ3) is 23.7. The van der Waals surface area contributed by atoms with E-state index < -0.39 is 129 Å². The molecule has 28 heteroatoms. The van der Waals surface area contributed by atoms with E-state index in [9.17, 15) is 69.8 Å². The van der Waals surface area contributed by atoms with Crippen LogP contribution < -0.4 is 30.7 Å². The Morgan fingerprint density at radius 3 is 1.25 bits per heavy atom. The van der Waals surface area contributed by atoms with Crippen LogP contribution in [0.4, 0.5) is 35.9 Å². The van der Waals surface area contributed by atoms with Gasteiger partial charge in [0.1, 0.15) is 34.3 Å². The van der Waals surface area contributed by atoms with Gasteiger partial charge in [-0.25, -0.2) is 45.5 Å². The Kier molecular flexibility index (Phi) is 27.8. The molecule has 0 aromatic heterocycles. The zero-order valence-electron chi connectivity index (χ0n) is 53.1. The molecule has 4 unspecified atom stereocenters. The predicted molar refractivity (Wildman–Crippen MR) is 331 cm³/mol. The standard InChI is InChI=1S/C33H42F3N3O7S.C31H38F3N3O7S/c1-7-44-31(42)28(19(2)3)45-23-10-8-20(9-11-23)18-37-29(41)30-39(12-13-47-30)27(40)16-22(38-32(43)46-33(4,5)6)14-21-15-25(35)26(36)17-24(21)34;1-17(2)26(29(40)41)43-21-8-6-18(7-9-21)16-35-27(39)28-37(10-11-45-28)25(38)14-20(36-30(42)44-31(3,4)5)12-19-13-23(33)24(34)15-22(19)32/h8-11,15,17,19,22,28,30H,7,12-14,16,18H2,1-6H3,(H,37,41)(H,38,43);6-9,13,15,17,20,26,28H,10-12,14,16H2,1-5H3,(H,35,39)(H,36,42)(H,40,41)/t22-,28?,30?;20-,26?,28?/m11/s1. The molecule has 2 aliphatic heterocycles. The number of amides is 6. The van der Waals surface area contributed by atoms with Crippen LogP contribution in [0.25, 0.3) is 0 Å². The molecule has 4 aromatic carbocycles. The first-order chi connectivity index (χ1) is 43.1. The quantitative estimate of drug-likeness (QED) is 0.0179. The number of aliphatic carboxylic acids is 1. The molecule has 0 saturated carbocycles. The van der Waals surface area contributed by atoms with E-state index >= 15 is 0 Å². The molecule has 504 valence electrons. The Labute approximate surface area is 539 Å². The van der Waals surface area contributed by atoms with Crippen molar-refractivity contribution in [1.29, 1.82) is 0 Å². The summed E-state index contributed by atoms with van der Waals surface area (Å²) in [5, 5.41) is 18.3. The van der Waals surface area contributed by atoms with Gasteiger partial charge in [-0.2, -0.15) is 0 Å². The average Bonchev–Trinajstić information content (AvgIpc) is 1.54. The summed E-state index contributed by atoms with van der Waals surface area (Å²) in [5.41, 5.74) is -0.759. The van der Waals surface area contributed by atoms with Crippen LogP contribution in [0.3, 0.4) is 0 Å². The minimum atomic E-state index is -1.37. The van der Waals surface area contributed by atoms with E-state index in [-0.39, 0.29) is 81.4 Å². The fraction of sp³-hybridized carbons (Fsp3) is 0.500. The molecule has 0 radical (unpaired) electrons. The molecule has 2 saturated heterocycles. The summed E-state index contributed by atoms with van der Waals surface area (Å²) in [4.78, 5) is 104. The zero-order valence-corrected chi connectivity index (χ0v) is 54.7. The predicted octanol–water partition coefficient (Wildman–Crippen LogP) is 9.75. The summed E-state index contributed by atoms with van der Waals surface area (Å²) < 4.78 is 111. The van der Waals surface area contributed by atoms with Crippen molar-refractivity contribution < 1.29 is 93.5 Å². The van der Waals surface area contributed by atoms with Gasteiger partial charge in [-0.3, -0.25) is 19.2 Å². The van der Waals surface area contributed by atoms with Gasteiger partial charge in [-0.15, -0.1) is 23.5 Å². The van der Waals surface area contributed by atoms with Gasteiger partial charge in [0, 0.05) is 86.6 Å². The number of nitrogens with one attached hydrogen (secondary N) is 4. The molecule has 6 amide bonds. The van der Waals surface area contributed by atoms with Crippen LogP contribution in [0, 0.1) is 46.7 Å². The van der Waals surface area contributed by atoms with Gasteiger partial charge in [0.15, 0.2) is 46.2 Å². The van der Waals surface area contributed by atoms with E-state index in [1.807, 2.05) is 13.8 Å². The highest BCUT2D eigenvalue weighted by molar-refractivity contribution is 8.01. The van der Waals surface area contributed by atoms with Crippen LogP contribution in [0.15, 0.2) is 72.8 Å². The number of halogens is 6. The smallest absolute Gasteiger partial charge is 0.407 e. The first-order valence-corrected chi connectivity index (χ1v) is 31.8. The van der Waals surface area contributed by atoms with Crippen LogP contribution in [-0.4, -0.2) is 140 Å². The number of esters is 1. The number of carboxylic acid groups (broad SMARTS) is 1. The van der Waals surface area contributed by atoms with Crippen molar-refractivity contribution in [2.24, 2.45) is 11.8 Å². The summed E-state index contributed by atoms with van der Waals surface area (Å²) in [5.74, 6) is -9.27. The number of ether oxygens (including phenoxy) is 5. The lowest BCUT2D eigenvalue weighted by molar-refractivity contribution is -0.153. The molecular formula is C64H80F6N6O14S2. The molecule has 6 atom stereocenters. The van der Waals surface area contributed by atoms with E-state index in [4.69, 9.17) is 23.7 Å². The lowest BCUT2D eigenvalue weighted by Gasteiger charge is -2.27. The number of hydrogen-bond donors (Lipinski definition) is 5. The van der Waals surface area contributed by atoms with Crippen molar-refractivity contribution in [2.45, 2.75) is 161 Å².